The van der Waals surface area contributed by atoms with Crippen molar-refractivity contribution in [1.29, 1.82) is 0 Å². The third kappa shape index (κ3) is 2.57. The quantitative estimate of drug-likeness (QED) is 0.861. The van der Waals surface area contributed by atoms with Gasteiger partial charge in [0.15, 0.2) is 0 Å². The molecule has 1 aliphatic heterocycles. The van der Waals surface area contributed by atoms with E-state index in [2.05, 4.69) is 34.5 Å². The molecule has 3 fully saturated rings. The van der Waals surface area contributed by atoms with Crippen molar-refractivity contribution in [3.63, 3.8) is 0 Å². The monoisotopic (exact) mass is 356 g/mol. The summed E-state index contributed by atoms with van der Waals surface area (Å²) in [6, 6.07) is 9.67. The molecule has 4 atom stereocenters. The van der Waals surface area contributed by atoms with Gasteiger partial charge in [-0.25, -0.2) is 4.79 Å². The highest BCUT2D eigenvalue weighted by Crippen LogP contribution is 2.53. The second kappa shape index (κ2) is 6.26. The lowest BCUT2D eigenvalue weighted by molar-refractivity contribution is 0.0808. The Morgan fingerprint density at radius 1 is 1.23 bits per heavy atom. The number of nitrogens with one attached hydrogen (secondary N) is 1. The van der Waals surface area contributed by atoms with Gasteiger partial charge >= 0.3 is 6.09 Å². The van der Waals surface area contributed by atoms with Gasteiger partial charge in [-0.15, -0.1) is 0 Å². The SMILES string of the molecule is COC(=O)N[C@H]1CC2(CCN(C3C[C@@H]4CC[C@@H]3C4)CC2)c2ccccc21.[HH]. The fourth-order valence-electron chi connectivity index (χ4n) is 6.64. The molecule has 1 saturated heterocycles. The molecule has 26 heavy (non-hydrogen) atoms. The van der Waals surface area contributed by atoms with Crippen molar-refractivity contribution >= 4 is 6.09 Å². The van der Waals surface area contributed by atoms with Gasteiger partial charge in [-0.05, 0) is 74.6 Å². The van der Waals surface area contributed by atoms with Crippen LogP contribution < -0.4 is 5.32 Å². The first kappa shape index (κ1) is 16.6. The highest BCUT2D eigenvalue weighted by Gasteiger charge is 2.49. The van der Waals surface area contributed by atoms with Crippen molar-refractivity contribution in [2.75, 3.05) is 20.2 Å². The normalized spacial score (nSPS) is 34.8. The van der Waals surface area contributed by atoms with Crippen LogP contribution in [-0.4, -0.2) is 37.2 Å². The first-order valence-electron chi connectivity index (χ1n) is 10.4. The van der Waals surface area contributed by atoms with Crippen LogP contribution in [0.15, 0.2) is 24.3 Å². The van der Waals surface area contributed by atoms with Crippen molar-refractivity contribution in [1.82, 2.24) is 10.2 Å². The molecule has 4 aliphatic rings. The molecular weight excluding hydrogens is 324 g/mol. The predicted octanol–water partition coefficient (Wildman–Crippen LogP) is 4.26. The van der Waals surface area contributed by atoms with Crippen molar-refractivity contribution in [2.45, 2.75) is 62.4 Å². The van der Waals surface area contributed by atoms with Gasteiger partial charge in [0.05, 0.1) is 13.2 Å². The van der Waals surface area contributed by atoms with Crippen LogP contribution in [0.25, 0.3) is 0 Å². The average molecular weight is 357 g/mol. The average Bonchev–Trinajstić information content (AvgIpc) is 3.38. The summed E-state index contributed by atoms with van der Waals surface area (Å²) < 4.78 is 4.86. The Morgan fingerprint density at radius 2 is 2.04 bits per heavy atom. The van der Waals surface area contributed by atoms with Crippen LogP contribution in [-0.2, 0) is 10.2 Å². The fraction of sp³-hybridized carbons (Fsp3) is 0.682. The van der Waals surface area contributed by atoms with Crippen LogP contribution in [0, 0.1) is 11.8 Å². The van der Waals surface area contributed by atoms with E-state index in [0.29, 0.717) is 0 Å². The molecule has 1 aromatic carbocycles. The Hall–Kier alpha value is -1.55. The molecule has 4 nitrogen and oxygen atoms in total. The summed E-state index contributed by atoms with van der Waals surface area (Å²) in [4.78, 5) is 14.6. The number of carbonyl (C=O) groups excluding carboxylic acids is 1. The number of nitrogens with zero attached hydrogens (tertiary/aromatic N) is 1. The van der Waals surface area contributed by atoms with Crippen LogP contribution >= 0.6 is 0 Å². The molecule has 1 spiro atoms. The smallest absolute Gasteiger partial charge is 0.407 e. The minimum absolute atomic E-state index is 0. The number of amides is 1. The van der Waals surface area contributed by atoms with E-state index in [4.69, 9.17) is 4.74 Å². The maximum absolute atomic E-state index is 11.8. The Morgan fingerprint density at radius 3 is 2.73 bits per heavy atom. The zero-order chi connectivity index (χ0) is 17.7. The zero-order valence-electron chi connectivity index (χ0n) is 15.7. The number of rotatable bonds is 2. The van der Waals surface area contributed by atoms with Gasteiger partial charge in [-0.3, -0.25) is 0 Å². The Balaban J connectivity index is 0.00000180. The molecule has 5 rings (SSSR count). The third-order valence-corrected chi connectivity index (χ3v) is 7.90. The molecule has 3 aliphatic carbocycles. The molecule has 1 N–H and O–H groups in total. The zero-order valence-corrected chi connectivity index (χ0v) is 15.7. The number of piperidine rings is 1. The number of hydrogen-bond donors (Lipinski definition) is 1. The largest absolute Gasteiger partial charge is 0.453 e. The molecule has 1 unspecified atom stereocenters. The summed E-state index contributed by atoms with van der Waals surface area (Å²) in [5.41, 5.74) is 3.00. The van der Waals surface area contributed by atoms with E-state index in [9.17, 15) is 4.79 Å². The van der Waals surface area contributed by atoms with Gasteiger partial charge in [0.1, 0.15) is 0 Å². The van der Waals surface area contributed by atoms with E-state index in [-0.39, 0.29) is 19.0 Å². The number of benzene rings is 1. The lowest BCUT2D eigenvalue weighted by atomic mass is 9.73. The molecule has 0 radical (unpaired) electrons. The number of ether oxygens (including phenoxy) is 1. The minimum Gasteiger partial charge on any atom is -0.453 e. The summed E-state index contributed by atoms with van der Waals surface area (Å²) in [5, 5.41) is 3.07. The van der Waals surface area contributed by atoms with Crippen molar-refractivity contribution in [3.8, 4) is 0 Å². The van der Waals surface area contributed by atoms with Gasteiger partial charge in [-0.2, -0.15) is 0 Å². The molecule has 142 valence electrons. The number of hydrogen-bond acceptors (Lipinski definition) is 3. The number of alkyl carbamates (subject to hydrolysis) is 1. The van der Waals surface area contributed by atoms with Crippen molar-refractivity contribution in [2.24, 2.45) is 11.8 Å². The molecule has 1 aromatic rings. The van der Waals surface area contributed by atoms with Crippen LogP contribution in [0.1, 0.15) is 63.5 Å². The summed E-state index contributed by atoms with van der Waals surface area (Å²) in [6.45, 7) is 2.43. The first-order valence-corrected chi connectivity index (χ1v) is 10.4. The number of fused-ring (bicyclic) bond motifs is 4. The molecule has 2 bridgehead atoms. The topological polar surface area (TPSA) is 41.6 Å². The highest BCUT2D eigenvalue weighted by atomic mass is 16.5. The predicted molar refractivity (Wildman–Crippen MR) is 103 cm³/mol. The maximum atomic E-state index is 11.8. The third-order valence-electron chi connectivity index (χ3n) is 7.90. The van der Waals surface area contributed by atoms with E-state index < -0.39 is 0 Å². The second-order valence-corrected chi connectivity index (χ2v) is 9.04. The lowest BCUT2D eigenvalue weighted by Gasteiger charge is -2.44. The second-order valence-electron chi connectivity index (χ2n) is 9.04. The van der Waals surface area contributed by atoms with Gasteiger partial charge in [0, 0.05) is 12.9 Å². The van der Waals surface area contributed by atoms with E-state index in [1.165, 1.54) is 69.9 Å². The van der Waals surface area contributed by atoms with Gasteiger partial charge in [0.25, 0.3) is 0 Å². The summed E-state index contributed by atoms with van der Waals surface area (Å²) >= 11 is 0. The van der Waals surface area contributed by atoms with E-state index in [1.807, 2.05) is 0 Å². The first-order chi connectivity index (χ1) is 12.7. The van der Waals surface area contributed by atoms with Gasteiger partial charge in [-0.1, -0.05) is 30.7 Å². The van der Waals surface area contributed by atoms with Crippen molar-refractivity contribution < 1.29 is 11.0 Å². The van der Waals surface area contributed by atoms with Gasteiger partial charge in [0.2, 0.25) is 0 Å². The van der Waals surface area contributed by atoms with Gasteiger partial charge < -0.3 is 15.0 Å². The highest BCUT2D eigenvalue weighted by molar-refractivity contribution is 5.68. The molecule has 2 saturated carbocycles. The summed E-state index contributed by atoms with van der Waals surface area (Å²) in [5.74, 6) is 1.99. The number of likely N-dealkylation sites (tertiary alicyclic amines) is 1. The lowest BCUT2D eigenvalue weighted by Crippen LogP contribution is -2.48. The number of methoxy groups -OCH3 is 1. The molecule has 4 heteroatoms. The Kier molecular flexibility index (Phi) is 4.00. The number of carbonyl (C=O) groups is 1. The molecule has 0 aromatic heterocycles. The maximum Gasteiger partial charge on any atom is 0.407 e. The van der Waals surface area contributed by atoms with Crippen molar-refractivity contribution in [3.05, 3.63) is 35.4 Å². The molecule has 1 amide bonds. The van der Waals surface area contributed by atoms with Crippen LogP contribution in [0.3, 0.4) is 0 Å². The Bertz CT molecular complexity index is 701. The summed E-state index contributed by atoms with van der Waals surface area (Å²) in [7, 11) is 1.44. The Labute approximate surface area is 157 Å². The summed E-state index contributed by atoms with van der Waals surface area (Å²) in [6.07, 6.45) is 9.01. The van der Waals surface area contributed by atoms with Crippen LogP contribution in [0.5, 0.6) is 0 Å². The molecular formula is C22H32N2O2. The van der Waals surface area contributed by atoms with E-state index in [0.717, 1.165) is 24.3 Å². The van der Waals surface area contributed by atoms with Crippen LogP contribution in [0.4, 0.5) is 4.79 Å². The minimum atomic E-state index is -0.318. The van der Waals surface area contributed by atoms with E-state index >= 15 is 0 Å². The molecule has 1 heterocycles. The fourth-order valence-corrected chi connectivity index (χ4v) is 6.64. The van der Waals surface area contributed by atoms with E-state index in [1.54, 1.807) is 0 Å². The van der Waals surface area contributed by atoms with Crippen LogP contribution in [0.2, 0.25) is 0 Å². The standard InChI is InChI=1S/C22H30N2O2.H2/c1-26-21(25)23-19-14-22(18-5-3-2-4-17(18)19)8-10-24(11-9-22)20-13-15-6-7-16(20)12-15;/h2-5,15-16,19-20H,6-14H2,1H3,(H,23,25);1H/t15-,16-,19+,20?;/m1./s1.